The zero-order chi connectivity index (χ0) is 14.7. The topological polar surface area (TPSA) is 50.2 Å². The number of rotatable bonds is 3. The highest BCUT2D eigenvalue weighted by molar-refractivity contribution is 6.30. The van der Waals surface area contributed by atoms with Gasteiger partial charge in [0.25, 0.3) is 0 Å². The largest absolute Gasteiger partial charge is 0.261 e. The van der Waals surface area contributed by atoms with Gasteiger partial charge in [0, 0.05) is 10.4 Å². The molecule has 0 atom stereocenters. The minimum Gasteiger partial charge on any atom is -0.261 e. The van der Waals surface area contributed by atoms with E-state index in [1.54, 1.807) is 18.3 Å². The predicted octanol–water partition coefficient (Wildman–Crippen LogP) is 4.38. The van der Waals surface area contributed by atoms with Crippen LogP contribution in [0.25, 0.3) is 10.9 Å². The van der Waals surface area contributed by atoms with E-state index in [1.807, 2.05) is 36.4 Å². The zero-order valence-corrected chi connectivity index (χ0v) is 12.3. The molecule has 0 unspecified atom stereocenters. The van der Waals surface area contributed by atoms with Crippen LogP contribution in [0.4, 0.5) is 5.82 Å². The molecule has 0 amide bonds. The van der Waals surface area contributed by atoms with Crippen LogP contribution in [0.2, 0.25) is 10.3 Å². The third kappa shape index (κ3) is 3.29. The Morgan fingerprint density at radius 2 is 1.71 bits per heavy atom. The van der Waals surface area contributed by atoms with Gasteiger partial charge in [0.1, 0.15) is 0 Å². The van der Waals surface area contributed by atoms with E-state index in [2.05, 4.69) is 20.5 Å². The van der Waals surface area contributed by atoms with Crippen molar-refractivity contribution in [2.75, 3.05) is 5.43 Å². The molecule has 0 aliphatic carbocycles. The smallest absolute Gasteiger partial charge is 0.224 e. The number of anilines is 1. The number of halogens is 2. The van der Waals surface area contributed by atoms with E-state index in [-0.39, 0.29) is 5.28 Å². The van der Waals surface area contributed by atoms with Gasteiger partial charge in [0.15, 0.2) is 5.82 Å². The van der Waals surface area contributed by atoms with Gasteiger partial charge in [-0.2, -0.15) is 10.1 Å². The van der Waals surface area contributed by atoms with Crippen molar-refractivity contribution < 1.29 is 0 Å². The maximum atomic E-state index is 5.91. The van der Waals surface area contributed by atoms with E-state index in [9.17, 15) is 0 Å². The summed E-state index contributed by atoms with van der Waals surface area (Å²) < 4.78 is 0. The Morgan fingerprint density at radius 3 is 2.52 bits per heavy atom. The second-order valence-electron chi connectivity index (χ2n) is 4.28. The van der Waals surface area contributed by atoms with Crippen molar-refractivity contribution in [1.82, 2.24) is 9.97 Å². The van der Waals surface area contributed by atoms with Gasteiger partial charge in [-0.1, -0.05) is 35.9 Å². The highest BCUT2D eigenvalue weighted by Gasteiger charge is 2.04. The molecule has 104 valence electrons. The van der Waals surface area contributed by atoms with Crippen molar-refractivity contribution >= 4 is 46.1 Å². The van der Waals surface area contributed by atoms with Crippen LogP contribution in [0.5, 0.6) is 0 Å². The molecule has 1 aromatic heterocycles. The third-order valence-corrected chi connectivity index (χ3v) is 3.25. The number of fused-ring (bicyclic) bond motifs is 1. The molecule has 0 spiro atoms. The average molecular weight is 317 g/mol. The summed E-state index contributed by atoms with van der Waals surface area (Å²) in [6.45, 7) is 0. The van der Waals surface area contributed by atoms with Crippen LogP contribution in [0.15, 0.2) is 53.6 Å². The van der Waals surface area contributed by atoms with Crippen LogP contribution in [-0.4, -0.2) is 16.2 Å². The fourth-order valence-electron chi connectivity index (χ4n) is 1.85. The first-order valence-corrected chi connectivity index (χ1v) is 6.95. The van der Waals surface area contributed by atoms with Crippen LogP contribution >= 0.6 is 23.2 Å². The fourth-order valence-corrected chi connectivity index (χ4v) is 2.15. The molecular weight excluding hydrogens is 307 g/mol. The van der Waals surface area contributed by atoms with E-state index in [0.29, 0.717) is 10.8 Å². The quantitative estimate of drug-likeness (QED) is 0.443. The molecule has 2 aromatic carbocycles. The number of benzene rings is 2. The molecule has 0 saturated heterocycles. The number of hydrazone groups is 1. The molecule has 0 saturated carbocycles. The van der Waals surface area contributed by atoms with Gasteiger partial charge in [-0.25, -0.2) is 4.98 Å². The molecule has 0 aliphatic rings. The van der Waals surface area contributed by atoms with Crippen molar-refractivity contribution in [2.45, 2.75) is 0 Å². The summed E-state index contributed by atoms with van der Waals surface area (Å²) in [7, 11) is 0. The number of hydrogen-bond donors (Lipinski definition) is 1. The van der Waals surface area contributed by atoms with Crippen molar-refractivity contribution in [3.8, 4) is 0 Å². The van der Waals surface area contributed by atoms with Gasteiger partial charge in [-0.05, 0) is 41.4 Å². The monoisotopic (exact) mass is 316 g/mol. The molecule has 0 bridgehead atoms. The molecule has 3 rings (SSSR count). The summed E-state index contributed by atoms with van der Waals surface area (Å²) in [5.74, 6) is 0.566. The lowest BCUT2D eigenvalue weighted by molar-refractivity contribution is 1.18. The fraction of sp³-hybridized carbons (Fsp3) is 0. The maximum Gasteiger partial charge on any atom is 0.224 e. The molecule has 3 aromatic rings. The number of para-hydroxylation sites is 1. The number of hydrogen-bond acceptors (Lipinski definition) is 4. The normalized spacial score (nSPS) is 11.1. The van der Waals surface area contributed by atoms with Crippen LogP contribution in [-0.2, 0) is 0 Å². The van der Waals surface area contributed by atoms with Crippen LogP contribution in [0, 0.1) is 0 Å². The molecule has 0 radical (unpaired) electrons. The maximum absolute atomic E-state index is 5.91. The van der Waals surface area contributed by atoms with Gasteiger partial charge >= 0.3 is 0 Å². The van der Waals surface area contributed by atoms with E-state index in [4.69, 9.17) is 23.2 Å². The van der Waals surface area contributed by atoms with E-state index in [0.717, 1.165) is 16.5 Å². The molecule has 6 heteroatoms. The van der Waals surface area contributed by atoms with Crippen LogP contribution < -0.4 is 5.43 Å². The summed E-state index contributed by atoms with van der Waals surface area (Å²) in [6.07, 6.45) is 1.68. The van der Waals surface area contributed by atoms with E-state index < -0.39 is 0 Å². The number of nitrogens with zero attached hydrogens (tertiary/aromatic N) is 3. The first-order chi connectivity index (χ1) is 10.2. The van der Waals surface area contributed by atoms with Gasteiger partial charge < -0.3 is 0 Å². The van der Waals surface area contributed by atoms with Crippen molar-refractivity contribution in [3.63, 3.8) is 0 Å². The summed E-state index contributed by atoms with van der Waals surface area (Å²) in [4.78, 5) is 8.32. The number of nitrogens with one attached hydrogen (secondary N) is 1. The standard InChI is InChI=1S/C15H10Cl2N4/c16-11-7-5-10(6-8-11)9-18-21-14-12-3-1-2-4-13(12)19-15(17)20-14/h1-9H,(H,19,20,21)/b18-9-. The lowest BCUT2D eigenvalue weighted by Crippen LogP contribution is -1.97. The summed E-state index contributed by atoms with van der Waals surface area (Å²) >= 11 is 11.7. The first kappa shape index (κ1) is 13.8. The highest BCUT2D eigenvalue weighted by Crippen LogP contribution is 2.21. The third-order valence-electron chi connectivity index (χ3n) is 2.83. The molecule has 21 heavy (non-hydrogen) atoms. The Morgan fingerprint density at radius 1 is 0.952 bits per heavy atom. The van der Waals surface area contributed by atoms with Crippen molar-refractivity contribution in [2.24, 2.45) is 5.10 Å². The lowest BCUT2D eigenvalue weighted by atomic mass is 10.2. The van der Waals surface area contributed by atoms with Gasteiger partial charge in [0.05, 0.1) is 11.7 Å². The minimum atomic E-state index is 0.179. The van der Waals surface area contributed by atoms with E-state index >= 15 is 0 Å². The van der Waals surface area contributed by atoms with Crippen LogP contribution in [0.1, 0.15) is 5.56 Å². The molecule has 0 aliphatic heterocycles. The van der Waals surface area contributed by atoms with Gasteiger partial charge in [-0.3, -0.25) is 5.43 Å². The molecular formula is C15H10Cl2N4. The van der Waals surface area contributed by atoms with Crippen molar-refractivity contribution in [1.29, 1.82) is 0 Å². The van der Waals surface area contributed by atoms with Gasteiger partial charge in [0.2, 0.25) is 5.28 Å². The summed E-state index contributed by atoms with van der Waals surface area (Å²) in [6, 6.07) is 14.9. The molecule has 1 N–H and O–H groups in total. The number of aromatic nitrogens is 2. The van der Waals surface area contributed by atoms with Crippen molar-refractivity contribution in [3.05, 3.63) is 64.4 Å². The lowest BCUT2D eigenvalue weighted by Gasteiger charge is -2.04. The molecule has 0 fully saturated rings. The minimum absolute atomic E-state index is 0.179. The first-order valence-electron chi connectivity index (χ1n) is 6.19. The van der Waals surface area contributed by atoms with Crippen LogP contribution in [0.3, 0.4) is 0 Å². The van der Waals surface area contributed by atoms with Gasteiger partial charge in [-0.15, -0.1) is 0 Å². The highest BCUT2D eigenvalue weighted by atomic mass is 35.5. The average Bonchev–Trinajstić information content (AvgIpc) is 2.49. The molecule has 1 heterocycles. The van der Waals surface area contributed by atoms with E-state index in [1.165, 1.54) is 0 Å². The summed E-state index contributed by atoms with van der Waals surface area (Å²) in [5.41, 5.74) is 4.59. The predicted molar refractivity (Wildman–Crippen MR) is 87.2 cm³/mol. The zero-order valence-electron chi connectivity index (χ0n) is 10.8. The Bertz CT molecular complexity index is 800. The second kappa shape index (κ2) is 6.08. The summed E-state index contributed by atoms with van der Waals surface area (Å²) in [5, 5.41) is 5.89. The Hall–Kier alpha value is -2.17. The SMILES string of the molecule is Clc1ccc(/C=N\Nc2nc(Cl)nc3ccccc23)cc1. The Balaban J connectivity index is 1.86. The molecule has 4 nitrogen and oxygen atoms in total. The Kier molecular flexibility index (Phi) is 3.99. The Labute approximate surface area is 131 Å². The second-order valence-corrected chi connectivity index (χ2v) is 5.05.